The Morgan fingerprint density at radius 2 is 2.64 bits per heavy atom. The van der Waals surface area contributed by atoms with Crippen LogP contribution >= 0.6 is 0 Å². The second-order valence-corrected chi connectivity index (χ2v) is 2.98. The molecule has 0 aromatic carbocycles. The summed E-state index contributed by atoms with van der Waals surface area (Å²) < 4.78 is 5.27. The molecule has 1 aliphatic rings. The van der Waals surface area contributed by atoms with E-state index >= 15 is 0 Å². The quantitative estimate of drug-likeness (QED) is 0.661. The Bertz CT molecular complexity index is 238. The van der Waals surface area contributed by atoms with Gasteiger partial charge in [0.25, 0.3) is 0 Å². The number of rotatable bonds is 1. The lowest BCUT2D eigenvalue weighted by Crippen LogP contribution is -2.12. The highest BCUT2D eigenvalue weighted by Gasteiger charge is 2.20. The van der Waals surface area contributed by atoms with Crippen molar-refractivity contribution in [3.63, 3.8) is 0 Å². The summed E-state index contributed by atoms with van der Waals surface area (Å²) in [5.74, 6) is 0.847. The molecule has 3 heteroatoms. The number of hydrogen-bond donors (Lipinski definition) is 1. The van der Waals surface area contributed by atoms with E-state index in [-0.39, 0.29) is 0 Å². The average Bonchev–Trinajstić information content (AvgIpc) is 2.55. The van der Waals surface area contributed by atoms with E-state index in [9.17, 15) is 0 Å². The van der Waals surface area contributed by atoms with Crippen LogP contribution in [0.3, 0.4) is 0 Å². The van der Waals surface area contributed by atoms with Gasteiger partial charge < -0.3 is 9.73 Å². The Morgan fingerprint density at radius 1 is 1.73 bits per heavy atom. The van der Waals surface area contributed by atoms with Gasteiger partial charge in [-0.25, -0.2) is 4.98 Å². The van der Waals surface area contributed by atoms with E-state index in [4.69, 9.17) is 4.42 Å². The molecule has 11 heavy (non-hydrogen) atoms. The monoisotopic (exact) mass is 152 g/mol. The normalized spacial score (nSPS) is 24.3. The van der Waals surface area contributed by atoms with Crippen molar-refractivity contribution in [3.8, 4) is 0 Å². The minimum absolute atomic E-state index is 0.365. The van der Waals surface area contributed by atoms with Crippen LogP contribution < -0.4 is 5.32 Å². The van der Waals surface area contributed by atoms with Crippen molar-refractivity contribution < 1.29 is 4.42 Å². The van der Waals surface area contributed by atoms with Crippen LogP contribution in [0.4, 0.5) is 0 Å². The van der Waals surface area contributed by atoms with Crippen molar-refractivity contribution in [2.45, 2.75) is 25.8 Å². The molecule has 1 atom stereocenters. The third-order valence-corrected chi connectivity index (χ3v) is 2.00. The van der Waals surface area contributed by atoms with Gasteiger partial charge in [0.1, 0.15) is 6.26 Å². The number of aryl methyl sites for hydroxylation is 1. The SMILES string of the molecule is Cc1coc([C@H]2CCCN2)n1. The Kier molecular flexibility index (Phi) is 1.66. The van der Waals surface area contributed by atoms with Gasteiger partial charge in [0.15, 0.2) is 0 Å². The number of aromatic nitrogens is 1. The molecule has 0 bridgehead atoms. The molecule has 1 N–H and O–H groups in total. The van der Waals surface area contributed by atoms with Gasteiger partial charge in [0.05, 0.1) is 11.7 Å². The first kappa shape index (κ1) is 6.85. The number of oxazole rings is 1. The summed E-state index contributed by atoms with van der Waals surface area (Å²) in [6, 6.07) is 0.365. The van der Waals surface area contributed by atoms with E-state index in [1.807, 2.05) is 6.92 Å². The molecule has 0 spiro atoms. The number of nitrogens with one attached hydrogen (secondary N) is 1. The molecule has 3 nitrogen and oxygen atoms in total. The standard InChI is InChI=1S/C8H12N2O/c1-6-5-11-8(10-6)7-3-2-4-9-7/h5,7,9H,2-4H2,1H3/t7-/m1/s1. The summed E-state index contributed by atoms with van der Waals surface area (Å²) in [5, 5.41) is 3.33. The van der Waals surface area contributed by atoms with Gasteiger partial charge in [-0.05, 0) is 26.3 Å². The van der Waals surface area contributed by atoms with Crippen molar-refractivity contribution >= 4 is 0 Å². The van der Waals surface area contributed by atoms with E-state index in [1.165, 1.54) is 6.42 Å². The molecule has 0 saturated carbocycles. The van der Waals surface area contributed by atoms with Gasteiger partial charge >= 0.3 is 0 Å². The van der Waals surface area contributed by atoms with Gasteiger partial charge in [-0.15, -0.1) is 0 Å². The molecule has 1 fully saturated rings. The molecule has 1 saturated heterocycles. The van der Waals surface area contributed by atoms with Gasteiger partial charge in [0.2, 0.25) is 5.89 Å². The van der Waals surface area contributed by atoms with Crippen molar-refractivity contribution in [3.05, 3.63) is 17.8 Å². The zero-order valence-corrected chi connectivity index (χ0v) is 6.63. The topological polar surface area (TPSA) is 38.1 Å². The predicted molar refractivity (Wildman–Crippen MR) is 41.2 cm³/mol. The second kappa shape index (κ2) is 2.66. The van der Waals surface area contributed by atoms with Crippen LogP contribution in [0.2, 0.25) is 0 Å². The average molecular weight is 152 g/mol. The maximum absolute atomic E-state index is 5.27. The first-order chi connectivity index (χ1) is 5.36. The molecule has 2 heterocycles. The second-order valence-electron chi connectivity index (χ2n) is 2.98. The first-order valence-corrected chi connectivity index (χ1v) is 4.01. The molecule has 0 aliphatic carbocycles. The maximum Gasteiger partial charge on any atom is 0.211 e. The highest BCUT2D eigenvalue weighted by Crippen LogP contribution is 2.21. The maximum atomic E-state index is 5.27. The Hall–Kier alpha value is -0.830. The van der Waals surface area contributed by atoms with E-state index in [0.717, 1.165) is 24.6 Å². The highest BCUT2D eigenvalue weighted by molar-refractivity contribution is 4.99. The van der Waals surface area contributed by atoms with Crippen molar-refractivity contribution in [2.75, 3.05) is 6.54 Å². The fraction of sp³-hybridized carbons (Fsp3) is 0.625. The Labute approximate surface area is 65.8 Å². The molecule has 0 amide bonds. The molecule has 1 aromatic heterocycles. The molecule has 1 aromatic rings. The van der Waals surface area contributed by atoms with Gasteiger partial charge in [-0.1, -0.05) is 0 Å². The Morgan fingerprint density at radius 3 is 3.18 bits per heavy atom. The summed E-state index contributed by atoms with van der Waals surface area (Å²) in [7, 11) is 0. The van der Waals surface area contributed by atoms with E-state index < -0.39 is 0 Å². The predicted octanol–water partition coefficient (Wildman–Crippen LogP) is 1.41. The minimum Gasteiger partial charge on any atom is -0.447 e. The van der Waals surface area contributed by atoms with Gasteiger partial charge in [0, 0.05) is 0 Å². The summed E-state index contributed by atoms with van der Waals surface area (Å²) >= 11 is 0. The number of nitrogens with zero attached hydrogens (tertiary/aromatic N) is 1. The fourth-order valence-electron chi connectivity index (χ4n) is 1.43. The number of hydrogen-bond acceptors (Lipinski definition) is 3. The van der Waals surface area contributed by atoms with Crippen LogP contribution in [-0.4, -0.2) is 11.5 Å². The molecular weight excluding hydrogens is 140 g/mol. The Balaban J connectivity index is 2.15. The van der Waals surface area contributed by atoms with E-state index in [1.54, 1.807) is 6.26 Å². The molecule has 0 radical (unpaired) electrons. The van der Waals surface area contributed by atoms with Gasteiger partial charge in [-0.3, -0.25) is 0 Å². The van der Waals surface area contributed by atoms with Gasteiger partial charge in [-0.2, -0.15) is 0 Å². The third kappa shape index (κ3) is 1.28. The zero-order chi connectivity index (χ0) is 7.68. The van der Waals surface area contributed by atoms with Crippen molar-refractivity contribution in [1.82, 2.24) is 10.3 Å². The van der Waals surface area contributed by atoms with E-state index in [0.29, 0.717) is 6.04 Å². The van der Waals surface area contributed by atoms with Crippen LogP contribution in [0, 0.1) is 6.92 Å². The molecular formula is C8H12N2O. The van der Waals surface area contributed by atoms with E-state index in [2.05, 4.69) is 10.3 Å². The largest absolute Gasteiger partial charge is 0.447 e. The highest BCUT2D eigenvalue weighted by atomic mass is 16.3. The van der Waals surface area contributed by atoms with Crippen LogP contribution in [0.1, 0.15) is 30.5 Å². The van der Waals surface area contributed by atoms with Crippen LogP contribution in [0.15, 0.2) is 10.7 Å². The van der Waals surface area contributed by atoms with Crippen molar-refractivity contribution in [2.24, 2.45) is 0 Å². The molecule has 1 aliphatic heterocycles. The lowest BCUT2D eigenvalue weighted by molar-refractivity contribution is 0.429. The zero-order valence-electron chi connectivity index (χ0n) is 6.63. The lowest BCUT2D eigenvalue weighted by Gasteiger charge is -2.02. The summed E-state index contributed by atoms with van der Waals surface area (Å²) in [6.45, 7) is 3.04. The lowest BCUT2D eigenvalue weighted by atomic mass is 10.2. The summed E-state index contributed by atoms with van der Waals surface area (Å²) in [5.41, 5.74) is 0.966. The summed E-state index contributed by atoms with van der Waals surface area (Å²) in [4.78, 5) is 4.26. The fourth-order valence-corrected chi connectivity index (χ4v) is 1.43. The molecule has 0 unspecified atom stereocenters. The third-order valence-electron chi connectivity index (χ3n) is 2.00. The smallest absolute Gasteiger partial charge is 0.211 e. The summed E-state index contributed by atoms with van der Waals surface area (Å²) in [6.07, 6.45) is 4.08. The van der Waals surface area contributed by atoms with Crippen LogP contribution in [-0.2, 0) is 0 Å². The molecule has 60 valence electrons. The molecule has 2 rings (SSSR count). The minimum atomic E-state index is 0.365. The van der Waals surface area contributed by atoms with Crippen LogP contribution in [0.25, 0.3) is 0 Å². The van der Waals surface area contributed by atoms with Crippen molar-refractivity contribution in [1.29, 1.82) is 0 Å². The first-order valence-electron chi connectivity index (χ1n) is 4.01. The van der Waals surface area contributed by atoms with Crippen LogP contribution in [0.5, 0.6) is 0 Å².